The normalized spacial score (nSPS) is 11.1. The summed E-state index contributed by atoms with van der Waals surface area (Å²) in [6.07, 6.45) is 7.97. The van der Waals surface area contributed by atoms with E-state index in [9.17, 15) is 0 Å². The summed E-state index contributed by atoms with van der Waals surface area (Å²) >= 11 is 0. The summed E-state index contributed by atoms with van der Waals surface area (Å²) < 4.78 is 6.25. The van der Waals surface area contributed by atoms with Gasteiger partial charge in [0.05, 0.1) is 0 Å². The first-order valence-electron chi connectivity index (χ1n) is 11.2. The van der Waals surface area contributed by atoms with Crippen LogP contribution >= 0.6 is 0 Å². The second kappa shape index (κ2) is 11.6. The Labute approximate surface area is 176 Å². The maximum absolute atomic E-state index is 6.25. The van der Waals surface area contributed by atoms with Crippen LogP contribution < -0.4 is 10.1 Å². The van der Waals surface area contributed by atoms with E-state index in [1.54, 1.807) is 0 Å². The quantitative estimate of drug-likeness (QED) is 0.331. The monoisotopic (exact) mass is 389 g/mol. The molecule has 29 heavy (non-hydrogen) atoms. The number of hydrogen-bond donors (Lipinski definition) is 1. The molecular formula is C27H35NO. The van der Waals surface area contributed by atoms with E-state index in [1.807, 2.05) is 0 Å². The smallest absolute Gasteiger partial charge is 0.124 e. The van der Waals surface area contributed by atoms with E-state index in [4.69, 9.17) is 4.74 Å². The standard InChI is InChI=1S/C27H35NO/c1-3-4-5-6-7-10-19-28-20-26-25-12-9-8-11-24(25)17-18-27(26)29-21-23-15-13-22(2)14-16-23/h8-9,11-18,28H,3-7,10,19-21H2,1-2H3. The van der Waals surface area contributed by atoms with Crippen LogP contribution in [0.1, 0.15) is 62.1 Å². The Morgan fingerprint density at radius 2 is 1.55 bits per heavy atom. The Bertz CT molecular complexity index is 869. The van der Waals surface area contributed by atoms with E-state index in [-0.39, 0.29) is 0 Å². The molecular weight excluding hydrogens is 354 g/mol. The fraction of sp³-hybridized carbons (Fsp3) is 0.407. The highest BCUT2D eigenvalue weighted by Gasteiger charge is 2.09. The van der Waals surface area contributed by atoms with Crippen LogP contribution in [0, 0.1) is 6.92 Å². The molecule has 154 valence electrons. The molecule has 3 rings (SSSR count). The van der Waals surface area contributed by atoms with Gasteiger partial charge in [0.15, 0.2) is 0 Å². The molecule has 3 aromatic carbocycles. The summed E-state index contributed by atoms with van der Waals surface area (Å²) in [5.41, 5.74) is 3.75. The molecule has 0 aromatic heterocycles. The Kier molecular flexibility index (Phi) is 8.58. The van der Waals surface area contributed by atoms with Crippen LogP contribution in [0.5, 0.6) is 5.75 Å². The molecule has 2 nitrogen and oxygen atoms in total. The lowest BCUT2D eigenvalue weighted by Crippen LogP contribution is -2.16. The number of nitrogens with one attached hydrogen (secondary N) is 1. The van der Waals surface area contributed by atoms with Gasteiger partial charge >= 0.3 is 0 Å². The van der Waals surface area contributed by atoms with Crippen LogP contribution in [0.2, 0.25) is 0 Å². The minimum Gasteiger partial charge on any atom is -0.489 e. The lowest BCUT2D eigenvalue weighted by Gasteiger charge is -2.15. The van der Waals surface area contributed by atoms with Crippen LogP contribution in [-0.4, -0.2) is 6.54 Å². The highest BCUT2D eigenvalue weighted by Crippen LogP contribution is 2.29. The Morgan fingerprint density at radius 1 is 0.793 bits per heavy atom. The fourth-order valence-corrected chi connectivity index (χ4v) is 3.72. The van der Waals surface area contributed by atoms with Crippen molar-refractivity contribution >= 4 is 10.8 Å². The number of rotatable bonds is 12. The minimum atomic E-state index is 0.600. The molecule has 0 amide bonds. The molecule has 0 atom stereocenters. The molecule has 3 aromatic rings. The second-order valence-corrected chi connectivity index (χ2v) is 7.98. The number of hydrogen-bond acceptors (Lipinski definition) is 2. The van der Waals surface area contributed by atoms with Crippen LogP contribution in [0.4, 0.5) is 0 Å². The van der Waals surface area contributed by atoms with Crippen LogP contribution in [-0.2, 0) is 13.2 Å². The SMILES string of the molecule is CCCCCCCCNCc1c(OCc2ccc(C)cc2)ccc2ccccc12. The highest BCUT2D eigenvalue weighted by molar-refractivity contribution is 5.87. The van der Waals surface area contributed by atoms with Crippen molar-refractivity contribution in [3.8, 4) is 5.75 Å². The van der Waals surface area contributed by atoms with E-state index < -0.39 is 0 Å². The number of ether oxygens (including phenoxy) is 1. The van der Waals surface area contributed by atoms with Gasteiger partial charge in [-0.3, -0.25) is 0 Å². The first kappa shape index (κ1) is 21.4. The van der Waals surface area contributed by atoms with Gasteiger partial charge in [0.1, 0.15) is 12.4 Å². The number of benzene rings is 3. The molecule has 0 aliphatic heterocycles. The third kappa shape index (κ3) is 6.61. The molecule has 2 heteroatoms. The zero-order valence-corrected chi connectivity index (χ0v) is 18.0. The van der Waals surface area contributed by atoms with Crippen molar-refractivity contribution in [1.29, 1.82) is 0 Å². The van der Waals surface area contributed by atoms with Gasteiger partial charge in [0.2, 0.25) is 0 Å². The Morgan fingerprint density at radius 3 is 2.38 bits per heavy atom. The molecule has 0 aliphatic rings. The van der Waals surface area contributed by atoms with Gasteiger partial charge in [0, 0.05) is 12.1 Å². The van der Waals surface area contributed by atoms with E-state index in [0.717, 1.165) is 18.8 Å². The van der Waals surface area contributed by atoms with Crippen LogP contribution in [0.25, 0.3) is 10.8 Å². The summed E-state index contributed by atoms with van der Waals surface area (Å²) in [6, 6.07) is 21.5. The van der Waals surface area contributed by atoms with E-state index >= 15 is 0 Å². The molecule has 0 bridgehead atoms. The lowest BCUT2D eigenvalue weighted by molar-refractivity contribution is 0.302. The molecule has 0 fully saturated rings. The van der Waals surface area contributed by atoms with Crippen molar-refractivity contribution in [2.75, 3.05) is 6.54 Å². The van der Waals surface area contributed by atoms with Crippen molar-refractivity contribution in [3.63, 3.8) is 0 Å². The topological polar surface area (TPSA) is 21.3 Å². The summed E-state index contributed by atoms with van der Waals surface area (Å²) in [5, 5.41) is 6.20. The van der Waals surface area contributed by atoms with E-state index in [1.165, 1.54) is 66.0 Å². The Hall–Kier alpha value is -2.32. The molecule has 0 unspecified atom stereocenters. The minimum absolute atomic E-state index is 0.600. The molecule has 1 N–H and O–H groups in total. The third-order valence-electron chi connectivity index (χ3n) is 5.52. The first-order chi connectivity index (χ1) is 14.3. The van der Waals surface area contributed by atoms with Gasteiger partial charge in [-0.1, -0.05) is 99.2 Å². The molecule has 0 aliphatic carbocycles. The lowest BCUT2D eigenvalue weighted by atomic mass is 10.0. The summed E-state index contributed by atoms with van der Waals surface area (Å²) in [7, 11) is 0. The second-order valence-electron chi connectivity index (χ2n) is 7.98. The molecule has 0 heterocycles. The maximum Gasteiger partial charge on any atom is 0.124 e. The average Bonchev–Trinajstić information content (AvgIpc) is 2.75. The van der Waals surface area contributed by atoms with Crippen molar-refractivity contribution in [2.24, 2.45) is 0 Å². The molecule has 0 saturated heterocycles. The van der Waals surface area contributed by atoms with Gasteiger partial charge in [-0.15, -0.1) is 0 Å². The van der Waals surface area contributed by atoms with Gasteiger partial charge in [-0.05, 0) is 42.3 Å². The molecule has 0 spiro atoms. The van der Waals surface area contributed by atoms with Crippen LogP contribution in [0.3, 0.4) is 0 Å². The zero-order valence-electron chi connectivity index (χ0n) is 18.0. The zero-order chi connectivity index (χ0) is 20.3. The molecule has 0 saturated carbocycles. The van der Waals surface area contributed by atoms with Gasteiger partial charge in [0.25, 0.3) is 0 Å². The summed E-state index contributed by atoms with van der Waals surface area (Å²) in [4.78, 5) is 0. The largest absolute Gasteiger partial charge is 0.489 e. The fourth-order valence-electron chi connectivity index (χ4n) is 3.72. The van der Waals surface area contributed by atoms with Crippen molar-refractivity contribution in [3.05, 3.63) is 77.4 Å². The van der Waals surface area contributed by atoms with Crippen molar-refractivity contribution < 1.29 is 4.74 Å². The maximum atomic E-state index is 6.25. The van der Waals surface area contributed by atoms with E-state index in [2.05, 4.69) is 79.8 Å². The van der Waals surface area contributed by atoms with E-state index in [0.29, 0.717) is 6.61 Å². The van der Waals surface area contributed by atoms with Gasteiger partial charge in [-0.2, -0.15) is 0 Å². The first-order valence-corrected chi connectivity index (χ1v) is 11.2. The van der Waals surface area contributed by atoms with Gasteiger partial charge < -0.3 is 10.1 Å². The van der Waals surface area contributed by atoms with Crippen LogP contribution in [0.15, 0.2) is 60.7 Å². The summed E-state index contributed by atoms with van der Waals surface area (Å²) in [5.74, 6) is 0.986. The van der Waals surface area contributed by atoms with Crippen molar-refractivity contribution in [2.45, 2.75) is 65.5 Å². The predicted molar refractivity (Wildman–Crippen MR) is 125 cm³/mol. The number of fused-ring (bicyclic) bond motifs is 1. The average molecular weight is 390 g/mol. The molecule has 0 radical (unpaired) electrons. The third-order valence-corrected chi connectivity index (χ3v) is 5.52. The number of aryl methyl sites for hydroxylation is 1. The predicted octanol–water partition coefficient (Wildman–Crippen LogP) is 7.18. The summed E-state index contributed by atoms with van der Waals surface area (Å²) in [6.45, 7) is 6.89. The van der Waals surface area contributed by atoms with Gasteiger partial charge in [-0.25, -0.2) is 0 Å². The Balaban J connectivity index is 1.62. The van der Waals surface area contributed by atoms with Crippen molar-refractivity contribution in [1.82, 2.24) is 5.32 Å². The number of unbranched alkanes of at least 4 members (excludes halogenated alkanes) is 5. The highest BCUT2D eigenvalue weighted by atomic mass is 16.5.